The highest BCUT2D eigenvalue weighted by Crippen LogP contribution is 2.20. The van der Waals surface area contributed by atoms with Crippen LogP contribution in [0.4, 0.5) is 0 Å². The predicted octanol–water partition coefficient (Wildman–Crippen LogP) is 3.13. The van der Waals surface area contributed by atoms with Crippen LogP contribution in [-0.2, 0) is 21.2 Å². The van der Waals surface area contributed by atoms with Crippen LogP contribution in [0.1, 0.15) is 23.0 Å². The number of esters is 1. The fourth-order valence-corrected chi connectivity index (χ4v) is 3.95. The third-order valence-corrected chi connectivity index (χ3v) is 5.53. The van der Waals surface area contributed by atoms with Crippen molar-refractivity contribution >= 4 is 27.0 Å². The Morgan fingerprint density at radius 3 is 2.50 bits per heavy atom. The number of benzene rings is 2. The third-order valence-electron chi connectivity index (χ3n) is 3.93. The van der Waals surface area contributed by atoms with E-state index in [-0.39, 0.29) is 10.9 Å². The van der Waals surface area contributed by atoms with Crippen molar-refractivity contribution in [1.82, 2.24) is 4.72 Å². The second kappa shape index (κ2) is 7.31. The summed E-state index contributed by atoms with van der Waals surface area (Å²) in [5, 5.41) is 0.982. The summed E-state index contributed by atoms with van der Waals surface area (Å²) in [7, 11) is -2.43. The molecule has 0 aliphatic heterocycles. The van der Waals surface area contributed by atoms with E-state index in [1.807, 2.05) is 30.3 Å². The van der Waals surface area contributed by atoms with E-state index in [0.29, 0.717) is 17.7 Å². The number of sulfonamides is 1. The average Bonchev–Trinajstić information content (AvgIpc) is 3.02. The first-order valence-electron chi connectivity index (χ1n) is 8.07. The lowest BCUT2D eigenvalue weighted by atomic mass is 10.2. The minimum absolute atomic E-state index is 0.0848. The van der Waals surface area contributed by atoms with Crippen LogP contribution in [0.5, 0.6) is 0 Å². The molecule has 7 heteroatoms. The van der Waals surface area contributed by atoms with Crippen LogP contribution in [0.2, 0.25) is 0 Å². The highest BCUT2D eigenvalue weighted by atomic mass is 32.2. The van der Waals surface area contributed by atoms with E-state index in [1.54, 1.807) is 6.92 Å². The molecule has 3 aromatic rings. The van der Waals surface area contributed by atoms with Gasteiger partial charge in [0.05, 0.1) is 17.6 Å². The van der Waals surface area contributed by atoms with Crippen LogP contribution in [0, 0.1) is 0 Å². The number of hydrogen-bond acceptors (Lipinski definition) is 5. The van der Waals surface area contributed by atoms with Gasteiger partial charge in [-0.2, -0.15) is 0 Å². The molecule has 0 aliphatic rings. The minimum atomic E-state index is -3.70. The number of carbonyl (C=O) groups excluding carboxylic acids is 1. The molecule has 0 spiro atoms. The molecule has 0 saturated carbocycles. The molecule has 1 atom stereocenters. The molecule has 0 unspecified atom stereocenters. The lowest BCUT2D eigenvalue weighted by Gasteiger charge is -2.13. The second-order valence-electron chi connectivity index (χ2n) is 5.99. The lowest BCUT2D eigenvalue weighted by Crippen LogP contribution is -2.34. The van der Waals surface area contributed by atoms with E-state index >= 15 is 0 Å². The molecule has 1 aromatic heterocycles. The van der Waals surface area contributed by atoms with Gasteiger partial charge in [0.2, 0.25) is 10.0 Å². The number of para-hydroxylation sites is 1. The summed E-state index contributed by atoms with van der Waals surface area (Å²) >= 11 is 0. The maximum absolute atomic E-state index is 12.5. The van der Waals surface area contributed by atoms with E-state index in [0.717, 1.165) is 11.0 Å². The normalized spacial score (nSPS) is 12.8. The number of nitrogens with one attached hydrogen (secondary N) is 1. The summed E-state index contributed by atoms with van der Waals surface area (Å²) in [5.41, 5.74) is 1.07. The zero-order valence-corrected chi connectivity index (χ0v) is 15.2. The molecule has 0 fully saturated rings. The zero-order chi connectivity index (χ0) is 18.7. The topological polar surface area (TPSA) is 85.6 Å². The molecule has 1 N–H and O–H groups in total. The van der Waals surface area contributed by atoms with Gasteiger partial charge in [0, 0.05) is 17.8 Å². The standard InChI is InChI=1S/C19H19NO5S/c1-13(11-16-12-15-5-3-4-6-18(15)25-16)20-26(22,23)17-9-7-14(8-10-17)19(21)24-2/h3-10,12-13,20H,11H2,1-2H3/t13-/m0/s1. The smallest absolute Gasteiger partial charge is 0.337 e. The summed E-state index contributed by atoms with van der Waals surface area (Å²) < 4.78 is 37.9. The van der Waals surface area contributed by atoms with Gasteiger partial charge in [-0.1, -0.05) is 18.2 Å². The van der Waals surface area contributed by atoms with Crippen LogP contribution in [0.15, 0.2) is 63.9 Å². The van der Waals surface area contributed by atoms with Crippen molar-refractivity contribution in [2.75, 3.05) is 7.11 Å². The molecule has 2 aromatic carbocycles. The van der Waals surface area contributed by atoms with Crippen LogP contribution in [0.3, 0.4) is 0 Å². The van der Waals surface area contributed by atoms with Crippen LogP contribution < -0.4 is 4.72 Å². The first-order chi connectivity index (χ1) is 12.4. The number of rotatable bonds is 6. The maximum Gasteiger partial charge on any atom is 0.337 e. The van der Waals surface area contributed by atoms with Crippen molar-refractivity contribution in [1.29, 1.82) is 0 Å². The highest BCUT2D eigenvalue weighted by molar-refractivity contribution is 7.89. The molecule has 0 aliphatic carbocycles. The lowest BCUT2D eigenvalue weighted by molar-refractivity contribution is 0.0600. The van der Waals surface area contributed by atoms with Crippen molar-refractivity contribution in [2.45, 2.75) is 24.3 Å². The number of hydrogen-bond donors (Lipinski definition) is 1. The van der Waals surface area contributed by atoms with Crippen LogP contribution in [0.25, 0.3) is 11.0 Å². The summed E-state index contributed by atoms with van der Waals surface area (Å²) in [6.45, 7) is 1.77. The van der Waals surface area contributed by atoms with Gasteiger partial charge in [-0.15, -0.1) is 0 Å². The molecular formula is C19H19NO5S. The van der Waals surface area contributed by atoms with E-state index in [9.17, 15) is 13.2 Å². The summed E-state index contributed by atoms with van der Waals surface area (Å²) in [6, 6.07) is 14.8. The molecule has 0 amide bonds. The van der Waals surface area contributed by atoms with Gasteiger partial charge in [0.1, 0.15) is 11.3 Å². The van der Waals surface area contributed by atoms with Gasteiger partial charge < -0.3 is 9.15 Å². The Morgan fingerprint density at radius 2 is 1.85 bits per heavy atom. The summed E-state index contributed by atoms with van der Waals surface area (Å²) in [4.78, 5) is 11.5. The van der Waals surface area contributed by atoms with Crippen molar-refractivity contribution in [2.24, 2.45) is 0 Å². The van der Waals surface area contributed by atoms with Crippen LogP contribution in [-0.4, -0.2) is 27.5 Å². The molecule has 6 nitrogen and oxygen atoms in total. The van der Waals surface area contributed by atoms with Crippen molar-refractivity contribution in [3.05, 3.63) is 65.9 Å². The zero-order valence-electron chi connectivity index (χ0n) is 14.4. The largest absolute Gasteiger partial charge is 0.465 e. The number of ether oxygens (including phenoxy) is 1. The monoisotopic (exact) mass is 373 g/mol. The predicted molar refractivity (Wildman–Crippen MR) is 97.5 cm³/mol. The Balaban J connectivity index is 1.70. The Kier molecular flexibility index (Phi) is 5.11. The van der Waals surface area contributed by atoms with Crippen molar-refractivity contribution in [3.63, 3.8) is 0 Å². The Hall–Kier alpha value is -2.64. The van der Waals surface area contributed by atoms with Gasteiger partial charge in [-0.05, 0) is 43.3 Å². The maximum atomic E-state index is 12.5. The molecule has 0 bridgehead atoms. The summed E-state index contributed by atoms with van der Waals surface area (Å²) in [6.07, 6.45) is 0.425. The summed E-state index contributed by atoms with van der Waals surface area (Å²) in [5.74, 6) is 0.197. The number of methoxy groups -OCH3 is 1. The molecular weight excluding hydrogens is 354 g/mol. The SMILES string of the molecule is COC(=O)c1ccc(S(=O)(=O)N[C@@H](C)Cc2cc3ccccc3o2)cc1. The highest BCUT2D eigenvalue weighted by Gasteiger charge is 2.19. The molecule has 0 radical (unpaired) electrons. The fraction of sp³-hybridized carbons (Fsp3) is 0.211. The average molecular weight is 373 g/mol. The fourth-order valence-electron chi connectivity index (χ4n) is 2.70. The van der Waals surface area contributed by atoms with Gasteiger partial charge >= 0.3 is 5.97 Å². The van der Waals surface area contributed by atoms with Gasteiger partial charge in [0.25, 0.3) is 0 Å². The Labute approximate surface area is 151 Å². The Bertz CT molecular complexity index is 989. The van der Waals surface area contributed by atoms with E-state index in [1.165, 1.54) is 31.4 Å². The molecule has 3 rings (SSSR count). The minimum Gasteiger partial charge on any atom is -0.465 e. The first-order valence-corrected chi connectivity index (χ1v) is 9.55. The number of furan rings is 1. The molecule has 26 heavy (non-hydrogen) atoms. The van der Waals surface area contributed by atoms with E-state index in [4.69, 9.17) is 4.42 Å². The number of carbonyl (C=O) groups is 1. The second-order valence-corrected chi connectivity index (χ2v) is 7.71. The van der Waals surface area contributed by atoms with Gasteiger partial charge in [-0.25, -0.2) is 17.9 Å². The van der Waals surface area contributed by atoms with Gasteiger partial charge in [0.15, 0.2) is 0 Å². The molecule has 1 heterocycles. The molecule has 0 saturated heterocycles. The van der Waals surface area contributed by atoms with Crippen molar-refractivity contribution in [3.8, 4) is 0 Å². The number of fused-ring (bicyclic) bond motifs is 1. The third kappa shape index (κ3) is 3.95. The van der Waals surface area contributed by atoms with Crippen molar-refractivity contribution < 1.29 is 22.4 Å². The first kappa shape index (κ1) is 18.2. The van der Waals surface area contributed by atoms with Gasteiger partial charge in [-0.3, -0.25) is 0 Å². The molecule has 136 valence electrons. The quantitative estimate of drug-likeness (QED) is 0.671. The van der Waals surface area contributed by atoms with E-state index in [2.05, 4.69) is 9.46 Å². The van der Waals surface area contributed by atoms with E-state index < -0.39 is 16.0 Å². The Morgan fingerprint density at radius 1 is 1.15 bits per heavy atom. The van der Waals surface area contributed by atoms with Crippen LogP contribution >= 0.6 is 0 Å².